The van der Waals surface area contributed by atoms with Gasteiger partial charge in [-0.2, -0.15) is 0 Å². The van der Waals surface area contributed by atoms with Gasteiger partial charge in [-0.25, -0.2) is 0 Å². The molecule has 0 aliphatic heterocycles. The molecule has 0 aliphatic carbocycles. The number of halogens is 1. The second kappa shape index (κ2) is 6.99. The van der Waals surface area contributed by atoms with Crippen molar-refractivity contribution in [3.05, 3.63) is 53.1 Å². The summed E-state index contributed by atoms with van der Waals surface area (Å²) >= 11 is 5.99. The van der Waals surface area contributed by atoms with E-state index in [1.165, 1.54) is 14.2 Å². The van der Waals surface area contributed by atoms with Crippen molar-refractivity contribution in [3.63, 3.8) is 0 Å². The van der Waals surface area contributed by atoms with E-state index < -0.39 is 0 Å². The zero-order valence-electron chi connectivity index (χ0n) is 11.8. The average Bonchev–Trinajstić information content (AvgIpc) is 2.52. The summed E-state index contributed by atoms with van der Waals surface area (Å²) in [6.45, 7) is -0.152. The van der Waals surface area contributed by atoms with E-state index in [0.29, 0.717) is 27.8 Å². The second-order valence-corrected chi connectivity index (χ2v) is 4.59. The summed E-state index contributed by atoms with van der Waals surface area (Å²) in [4.78, 5) is 12.1. The number of para-hydroxylation sites is 1. The van der Waals surface area contributed by atoms with Crippen LogP contribution < -0.4 is 14.2 Å². The largest absolute Gasteiger partial charge is 0.493 e. The lowest BCUT2D eigenvalue weighted by Crippen LogP contribution is -2.13. The molecule has 0 aliphatic rings. The highest BCUT2D eigenvalue weighted by molar-refractivity contribution is 6.34. The van der Waals surface area contributed by atoms with Crippen LogP contribution >= 0.6 is 11.6 Å². The van der Waals surface area contributed by atoms with E-state index in [0.717, 1.165) is 0 Å². The molecule has 21 heavy (non-hydrogen) atoms. The topological polar surface area (TPSA) is 44.8 Å². The quantitative estimate of drug-likeness (QED) is 0.765. The van der Waals surface area contributed by atoms with Crippen LogP contribution in [0.15, 0.2) is 42.5 Å². The number of benzene rings is 2. The molecule has 2 rings (SSSR count). The fourth-order valence-electron chi connectivity index (χ4n) is 1.86. The van der Waals surface area contributed by atoms with Crippen molar-refractivity contribution in [3.8, 4) is 17.2 Å². The molecule has 0 radical (unpaired) electrons. The van der Waals surface area contributed by atoms with Gasteiger partial charge < -0.3 is 14.2 Å². The Morgan fingerprint density at radius 2 is 1.62 bits per heavy atom. The molecule has 0 saturated carbocycles. The van der Waals surface area contributed by atoms with E-state index >= 15 is 0 Å². The van der Waals surface area contributed by atoms with Crippen LogP contribution in [0, 0.1) is 0 Å². The Morgan fingerprint density at radius 3 is 2.19 bits per heavy atom. The third-order valence-corrected chi connectivity index (χ3v) is 3.23. The molecule has 0 N–H and O–H groups in total. The van der Waals surface area contributed by atoms with E-state index in [-0.39, 0.29) is 12.4 Å². The predicted molar refractivity (Wildman–Crippen MR) is 80.8 cm³/mol. The van der Waals surface area contributed by atoms with Crippen LogP contribution in [0.4, 0.5) is 0 Å². The molecule has 0 unspecified atom stereocenters. The molecule has 2 aromatic rings. The smallest absolute Gasteiger partial charge is 0.203 e. The minimum absolute atomic E-state index is 0.152. The summed E-state index contributed by atoms with van der Waals surface area (Å²) in [6.07, 6.45) is 0. The van der Waals surface area contributed by atoms with Crippen LogP contribution in [0.3, 0.4) is 0 Å². The van der Waals surface area contributed by atoms with Gasteiger partial charge in [-0.15, -0.1) is 0 Å². The molecule has 0 heterocycles. The maximum Gasteiger partial charge on any atom is 0.203 e. The Labute approximate surface area is 128 Å². The van der Waals surface area contributed by atoms with Gasteiger partial charge in [0.2, 0.25) is 11.5 Å². The normalized spacial score (nSPS) is 10.0. The lowest BCUT2D eigenvalue weighted by molar-refractivity contribution is 0.0917. The van der Waals surface area contributed by atoms with E-state index in [4.69, 9.17) is 25.8 Å². The van der Waals surface area contributed by atoms with Crippen molar-refractivity contribution < 1.29 is 19.0 Å². The number of rotatable bonds is 6. The molecular formula is C16H15ClO4. The van der Waals surface area contributed by atoms with Crippen LogP contribution in [0.5, 0.6) is 17.2 Å². The number of hydrogen-bond acceptors (Lipinski definition) is 4. The first-order chi connectivity index (χ1) is 10.2. The van der Waals surface area contributed by atoms with E-state index in [2.05, 4.69) is 0 Å². The van der Waals surface area contributed by atoms with Gasteiger partial charge >= 0.3 is 0 Å². The molecule has 0 amide bonds. The van der Waals surface area contributed by atoms with Gasteiger partial charge in [-0.1, -0.05) is 29.8 Å². The van der Waals surface area contributed by atoms with Crippen molar-refractivity contribution in [1.82, 2.24) is 0 Å². The number of Topliss-reactive ketones (excluding diaryl/α,β-unsaturated/α-hetero) is 1. The molecule has 0 fully saturated rings. The summed E-state index contributed by atoms with van der Waals surface area (Å²) in [6, 6.07) is 12.1. The summed E-state index contributed by atoms with van der Waals surface area (Å²) < 4.78 is 16.0. The summed E-state index contributed by atoms with van der Waals surface area (Å²) in [5.74, 6) is 1.18. The van der Waals surface area contributed by atoms with Gasteiger partial charge in [0.1, 0.15) is 0 Å². The molecule has 0 aromatic heterocycles. The number of carbonyl (C=O) groups is 1. The monoisotopic (exact) mass is 306 g/mol. The Balaban J connectivity index is 2.17. The fraction of sp³-hybridized carbons (Fsp3) is 0.188. The van der Waals surface area contributed by atoms with Crippen molar-refractivity contribution in [1.29, 1.82) is 0 Å². The second-order valence-electron chi connectivity index (χ2n) is 4.18. The van der Waals surface area contributed by atoms with Crippen molar-refractivity contribution in [2.45, 2.75) is 0 Å². The van der Waals surface area contributed by atoms with Crippen molar-refractivity contribution >= 4 is 17.4 Å². The number of ketones is 1. The zero-order chi connectivity index (χ0) is 15.2. The summed E-state index contributed by atoms with van der Waals surface area (Å²) in [5, 5.41) is 0.401. The first-order valence-electron chi connectivity index (χ1n) is 6.29. The van der Waals surface area contributed by atoms with E-state index in [1.54, 1.807) is 42.5 Å². The zero-order valence-corrected chi connectivity index (χ0v) is 12.5. The molecule has 5 heteroatoms. The molecular weight excluding hydrogens is 292 g/mol. The fourth-order valence-corrected chi connectivity index (χ4v) is 2.10. The molecule has 4 nitrogen and oxygen atoms in total. The van der Waals surface area contributed by atoms with Crippen molar-refractivity contribution in [2.24, 2.45) is 0 Å². The molecule has 2 aromatic carbocycles. The summed E-state index contributed by atoms with van der Waals surface area (Å²) in [5.41, 5.74) is 0.424. The highest BCUT2D eigenvalue weighted by Gasteiger charge is 2.15. The SMILES string of the molecule is COc1cccc(OC)c1OCC(=O)c1ccccc1Cl. The van der Waals surface area contributed by atoms with Crippen LogP contribution in [0.25, 0.3) is 0 Å². The van der Waals surface area contributed by atoms with Gasteiger partial charge in [0.25, 0.3) is 0 Å². The summed E-state index contributed by atoms with van der Waals surface area (Å²) in [7, 11) is 3.05. The van der Waals surface area contributed by atoms with Crippen molar-refractivity contribution in [2.75, 3.05) is 20.8 Å². The van der Waals surface area contributed by atoms with Gasteiger partial charge in [0, 0.05) is 5.56 Å². The van der Waals surface area contributed by atoms with Crippen LogP contribution in [-0.2, 0) is 0 Å². The van der Waals surface area contributed by atoms with Crippen LogP contribution in [0.2, 0.25) is 5.02 Å². The predicted octanol–water partition coefficient (Wildman–Crippen LogP) is 3.62. The standard InChI is InChI=1S/C16H15ClO4/c1-19-14-8-5-9-15(20-2)16(14)21-10-13(18)11-6-3-4-7-12(11)17/h3-9H,10H2,1-2H3. The average molecular weight is 307 g/mol. The number of carbonyl (C=O) groups excluding carboxylic acids is 1. The number of methoxy groups -OCH3 is 2. The third-order valence-electron chi connectivity index (χ3n) is 2.90. The van der Waals surface area contributed by atoms with Gasteiger partial charge in [0.15, 0.2) is 18.1 Å². The van der Waals surface area contributed by atoms with E-state index in [1.807, 2.05) is 0 Å². The molecule has 110 valence electrons. The number of hydrogen-bond donors (Lipinski definition) is 0. The lowest BCUT2D eigenvalue weighted by Gasteiger charge is -2.13. The molecule has 0 saturated heterocycles. The highest BCUT2D eigenvalue weighted by atomic mass is 35.5. The van der Waals surface area contributed by atoms with Gasteiger partial charge in [-0.05, 0) is 24.3 Å². The van der Waals surface area contributed by atoms with E-state index in [9.17, 15) is 4.79 Å². The highest BCUT2D eigenvalue weighted by Crippen LogP contribution is 2.36. The Bertz CT molecular complexity index is 618. The van der Waals surface area contributed by atoms with Gasteiger partial charge in [-0.3, -0.25) is 4.79 Å². The molecule has 0 spiro atoms. The first-order valence-corrected chi connectivity index (χ1v) is 6.66. The minimum atomic E-state index is -0.214. The number of ether oxygens (including phenoxy) is 3. The molecule has 0 atom stereocenters. The minimum Gasteiger partial charge on any atom is -0.493 e. The molecule has 0 bridgehead atoms. The Kier molecular flexibility index (Phi) is 5.06. The lowest BCUT2D eigenvalue weighted by atomic mass is 10.1. The Morgan fingerprint density at radius 1 is 1.00 bits per heavy atom. The van der Waals surface area contributed by atoms with Crippen LogP contribution in [0.1, 0.15) is 10.4 Å². The third kappa shape index (κ3) is 3.47. The van der Waals surface area contributed by atoms with Crippen LogP contribution in [-0.4, -0.2) is 26.6 Å². The maximum atomic E-state index is 12.1. The first kappa shape index (κ1) is 15.2. The maximum absolute atomic E-state index is 12.1. The van der Waals surface area contributed by atoms with Gasteiger partial charge in [0.05, 0.1) is 19.2 Å². The Hall–Kier alpha value is -2.20.